The molecule has 1 aromatic carbocycles. The van der Waals surface area contributed by atoms with Gasteiger partial charge in [-0.1, -0.05) is 0 Å². The third kappa shape index (κ3) is 4.55. The fourth-order valence-electron chi connectivity index (χ4n) is 2.06. The zero-order valence-corrected chi connectivity index (χ0v) is 13.2. The molecule has 0 bridgehead atoms. The van der Waals surface area contributed by atoms with Crippen LogP contribution in [0, 0.1) is 11.3 Å². The van der Waals surface area contributed by atoms with Crippen LogP contribution in [0.1, 0.15) is 21.5 Å². The van der Waals surface area contributed by atoms with Crippen molar-refractivity contribution in [3.8, 4) is 6.07 Å². The fraction of sp³-hybridized carbons (Fsp3) is 0.235. The number of carbonyl (C=O) groups excluding carboxylic acids is 1. The summed E-state index contributed by atoms with van der Waals surface area (Å²) in [4.78, 5) is 17.6. The molecule has 1 heterocycles. The third-order valence-corrected chi connectivity index (χ3v) is 3.38. The van der Waals surface area contributed by atoms with Crippen LogP contribution in [0.4, 0.5) is 19.0 Å². The molecule has 0 saturated carbocycles. The molecule has 0 aliphatic rings. The van der Waals surface area contributed by atoms with Crippen molar-refractivity contribution < 1.29 is 22.7 Å². The number of hydrogen-bond donors (Lipinski definition) is 0. The second kappa shape index (κ2) is 7.77. The van der Waals surface area contributed by atoms with E-state index in [0.29, 0.717) is 11.8 Å². The molecule has 0 atom stereocenters. The number of halogens is 3. The summed E-state index contributed by atoms with van der Waals surface area (Å²) >= 11 is 0. The first-order chi connectivity index (χ1) is 11.9. The van der Waals surface area contributed by atoms with Gasteiger partial charge in [0, 0.05) is 18.9 Å². The van der Waals surface area contributed by atoms with Crippen molar-refractivity contribution in [3.05, 3.63) is 59.3 Å². The first-order valence-electron chi connectivity index (χ1n) is 7.21. The van der Waals surface area contributed by atoms with Crippen molar-refractivity contribution in [1.29, 1.82) is 5.26 Å². The van der Waals surface area contributed by atoms with Crippen molar-refractivity contribution in [2.45, 2.75) is 6.18 Å². The Morgan fingerprint density at radius 1 is 1.24 bits per heavy atom. The van der Waals surface area contributed by atoms with Crippen LogP contribution in [0.25, 0.3) is 0 Å². The van der Waals surface area contributed by atoms with Crippen molar-refractivity contribution in [2.75, 3.05) is 25.2 Å². The average molecular weight is 349 g/mol. The van der Waals surface area contributed by atoms with E-state index in [9.17, 15) is 18.0 Å². The molecule has 0 unspecified atom stereocenters. The number of methoxy groups -OCH3 is 1. The van der Waals surface area contributed by atoms with E-state index in [4.69, 9.17) is 10.00 Å². The molecule has 0 saturated heterocycles. The van der Waals surface area contributed by atoms with E-state index in [1.165, 1.54) is 36.3 Å². The van der Waals surface area contributed by atoms with Gasteiger partial charge >= 0.3 is 6.18 Å². The smallest absolute Gasteiger partial charge is 0.383 e. The number of aromatic nitrogens is 1. The standard InChI is InChI=1S/C17H14F3N3O2/c1-25-9-8-23(15-7-6-14(11-22-15)17(18,19)20)16(24)13-4-2-12(10-21)3-5-13/h2-7,11H,8-9H2,1H3. The molecule has 25 heavy (non-hydrogen) atoms. The van der Waals surface area contributed by atoms with Crippen LogP contribution in [0.2, 0.25) is 0 Å². The number of anilines is 1. The van der Waals surface area contributed by atoms with Crippen molar-refractivity contribution >= 4 is 11.7 Å². The minimum atomic E-state index is -4.50. The molecule has 0 radical (unpaired) electrons. The van der Waals surface area contributed by atoms with Crippen LogP contribution < -0.4 is 4.90 Å². The van der Waals surface area contributed by atoms with Crippen LogP contribution in [-0.2, 0) is 10.9 Å². The lowest BCUT2D eigenvalue weighted by molar-refractivity contribution is -0.137. The summed E-state index contributed by atoms with van der Waals surface area (Å²) < 4.78 is 42.9. The molecular formula is C17H14F3N3O2. The number of ether oxygens (including phenoxy) is 1. The van der Waals surface area contributed by atoms with Gasteiger partial charge in [0.2, 0.25) is 0 Å². The SMILES string of the molecule is COCCN(C(=O)c1ccc(C#N)cc1)c1ccc(C(F)(F)F)cn1. The highest BCUT2D eigenvalue weighted by molar-refractivity contribution is 6.05. The average Bonchev–Trinajstić information content (AvgIpc) is 2.61. The van der Waals surface area contributed by atoms with Crippen LogP contribution >= 0.6 is 0 Å². The summed E-state index contributed by atoms with van der Waals surface area (Å²) in [6.45, 7) is 0.304. The first-order valence-corrected chi connectivity index (χ1v) is 7.21. The number of nitrogens with zero attached hydrogens (tertiary/aromatic N) is 3. The first kappa shape index (κ1) is 18.4. The van der Waals surface area contributed by atoms with Crippen LogP contribution in [-0.4, -0.2) is 31.2 Å². The summed E-state index contributed by atoms with van der Waals surface area (Å²) in [6.07, 6.45) is -3.82. The van der Waals surface area contributed by atoms with Gasteiger partial charge in [-0.05, 0) is 36.4 Å². The number of nitriles is 1. The molecule has 1 aromatic heterocycles. The van der Waals surface area contributed by atoms with Gasteiger partial charge in [0.1, 0.15) is 5.82 Å². The van der Waals surface area contributed by atoms with Crippen molar-refractivity contribution in [1.82, 2.24) is 4.98 Å². The Hall–Kier alpha value is -2.92. The number of rotatable bonds is 5. The van der Waals surface area contributed by atoms with Gasteiger partial charge in [0.05, 0.1) is 30.3 Å². The highest BCUT2D eigenvalue weighted by atomic mass is 19.4. The zero-order valence-electron chi connectivity index (χ0n) is 13.2. The number of amides is 1. The molecule has 130 valence electrons. The topological polar surface area (TPSA) is 66.2 Å². The number of benzene rings is 1. The van der Waals surface area contributed by atoms with Gasteiger partial charge in [-0.3, -0.25) is 9.69 Å². The van der Waals surface area contributed by atoms with Gasteiger partial charge in [-0.25, -0.2) is 4.98 Å². The molecule has 2 aromatic rings. The van der Waals surface area contributed by atoms with E-state index in [1.54, 1.807) is 0 Å². The number of hydrogen-bond acceptors (Lipinski definition) is 4. The molecule has 8 heteroatoms. The monoisotopic (exact) mass is 349 g/mol. The predicted octanol–water partition coefficient (Wildman–Crippen LogP) is 3.27. The highest BCUT2D eigenvalue weighted by Gasteiger charge is 2.31. The molecule has 2 rings (SSSR count). The molecule has 0 spiro atoms. The molecule has 0 N–H and O–H groups in total. The maximum atomic E-state index is 12.7. The fourth-order valence-corrected chi connectivity index (χ4v) is 2.06. The number of carbonyl (C=O) groups is 1. The lowest BCUT2D eigenvalue weighted by Gasteiger charge is -2.22. The Morgan fingerprint density at radius 2 is 1.92 bits per heavy atom. The quantitative estimate of drug-likeness (QED) is 0.831. The van der Waals surface area contributed by atoms with E-state index in [1.807, 2.05) is 6.07 Å². The normalized spacial score (nSPS) is 11.0. The molecule has 0 fully saturated rings. The minimum Gasteiger partial charge on any atom is -0.383 e. The second-order valence-electron chi connectivity index (χ2n) is 5.04. The van der Waals surface area contributed by atoms with E-state index in [-0.39, 0.29) is 24.5 Å². The summed E-state index contributed by atoms with van der Waals surface area (Å²) in [5, 5.41) is 8.80. The Balaban J connectivity index is 2.31. The van der Waals surface area contributed by atoms with E-state index < -0.39 is 17.6 Å². The van der Waals surface area contributed by atoms with E-state index in [2.05, 4.69) is 4.98 Å². The lowest BCUT2D eigenvalue weighted by atomic mass is 10.1. The van der Waals surface area contributed by atoms with Gasteiger partial charge in [0.15, 0.2) is 0 Å². The van der Waals surface area contributed by atoms with Crippen LogP contribution in [0.3, 0.4) is 0 Å². The Kier molecular flexibility index (Phi) is 5.72. The van der Waals surface area contributed by atoms with E-state index in [0.717, 1.165) is 12.1 Å². The summed E-state index contributed by atoms with van der Waals surface area (Å²) in [7, 11) is 1.45. The maximum Gasteiger partial charge on any atom is 0.417 e. The molecule has 1 amide bonds. The van der Waals surface area contributed by atoms with Gasteiger partial charge in [-0.2, -0.15) is 18.4 Å². The predicted molar refractivity (Wildman–Crippen MR) is 83.9 cm³/mol. The number of alkyl halides is 3. The summed E-state index contributed by atoms with van der Waals surface area (Å²) in [5.74, 6) is -0.367. The molecule has 5 nitrogen and oxygen atoms in total. The molecular weight excluding hydrogens is 335 g/mol. The van der Waals surface area contributed by atoms with E-state index >= 15 is 0 Å². The molecule has 0 aliphatic carbocycles. The van der Waals surface area contributed by atoms with Gasteiger partial charge < -0.3 is 4.74 Å². The third-order valence-electron chi connectivity index (χ3n) is 3.38. The summed E-state index contributed by atoms with van der Waals surface area (Å²) in [6, 6.07) is 9.88. The minimum absolute atomic E-state index is 0.0828. The Labute approximate surface area is 142 Å². The van der Waals surface area contributed by atoms with Crippen molar-refractivity contribution in [3.63, 3.8) is 0 Å². The van der Waals surface area contributed by atoms with Crippen molar-refractivity contribution in [2.24, 2.45) is 0 Å². The zero-order chi connectivity index (χ0) is 18.4. The molecule has 0 aliphatic heterocycles. The Morgan fingerprint density at radius 3 is 2.40 bits per heavy atom. The highest BCUT2D eigenvalue weighted by Crippen LogP contribution is 2.29. The lowest BCUT2D eigenvalue weighted by Crippen LogP contribution is -2.34. The number of pyridine rings is 1. The largest absolute Gasteiger partial charge is 0.417 e. The van der Waals surface area contributed by atoms with Crippen LogP contribution in [0.15, 0.2) is 42.6 Å². The maximum absolute atomic E-state index is 12.7. The Bertz CT molecular complexity index is 766. The van der Waals surface area contributed by atoms with Gasteiger partial charge in [0.25, 0.3) is 5.91 Å². The summed E-state index contributed by atoms with van der Waals surface area (Å²) in [5.41, 5.74) is -0.210. The van der Waals surface area contributed by atoms with Gasteiger partial charge in [-0.15, -0.1) is 0 Å². The van der Waals surface area contributed by atoms with Crippen LogP contribution in [0.5, 0.6) is 0 Å². The second-order valence-corrected chi connectivity index (χ2v) is 5.04.